The summed E-state index contributed by atoms with van der Waals surface area (Å²) in [7, 11) is 0. The highest BCUT2D eigenvalue weighted by atomic mass is 19.1. The van der Waals surface area contributed by atoms with E-state index in [2.05, 4.69) is 20.4 Å². The first-order valence-corrected chi connectivity index (χ1v) is 8.65. The zero-order chi connectivity index (χ0) is 18.4. The number of piperazine rings is 1. The van der Waals surface area contributed by atoms with E-state index in [9.17, 15) is 9.18 Å². The molecule has 8 heteroatoms. The van der Waals surface area contributed by atoms with E-state index < -0.39 is 5.82 Å². The molecule has 0 aliphatic carbocycles. The monoisotopic (exact) mass is 359 g/mol. The standard InChI is InChI=1S/C18H22FN5O2/c1-2-20-16-7-8-17(22-21-16)23-9-11-24(12-10-23)18(25)13-26-15-6-4-3-5-14(15)19/h3-8H,2,9-13H2,1H3,(H,20,21). The molecular formula is C18H22FN5O2. The molecule has 1 amide bonds. The number of nitrogens with one attached hydrogen (secondary N) is 1. The van der Waals surface area contributed by atoms with Gasteiger partial charge in [0.2, 0.25) is 0 Å². The summed E-state index contributed by atoms with van der Waals surface area (Å²) in [4.78, 5) is 16.1. The van der Waals surface area contributed by atoms with E-state index in [1.165, 1.54) is 12.1 Å². The number of hydrogen-bond acceptors (Lipinski definition) is 6. The van der Waals surface area contributed by atoms with Crippen molar-refractivity contribution in [1.82, 2.24) is 15.1 Å². The number of anilines is 2. The van der Waals surface area contributed by atoms with Crippen LogP contribution in [0.2, 0.25) is 0 Å². The summed E-state index contributed by atoms with van der Waals surface area (Å²) in [6.45, 7) is 5.09. The second-order valence-electron chi connectivity index (χ2n) is 5.89. The number of benzene rings is 1. The first-order valence-electron chi connectivity index (χ1n) is 8.65. The van der Waals surface area contributed by atoms with Gasteiger partial charge < -0.3 is 19.9 Å². The summed E-state index contributed by atoms with van der Waals surface area (Å²) < 4.78 is 18.8. The Labute approximate surface area is 151 Å². The van der Waals surface area contributed by atoms with Crippen LogP contribution in [0.5, 0.6) is 5.75 Å². The Hall–Kier alpha value is -2.90. The number of amides is 1. The second-order valence-corrected chi connectivity index (χ2v) is 5.89. The molecule has 26 heavy (non-hydrogen) atoms. The number of ether oxygens (including phenoxy) is 1. The van der Waals surface area contributed by atoms with Crippen molar-refractivity contribution in [3.8, 4) is 5.75 Å². The lowest BCUT2D eigenvalue weighted by atomic mass is 10.3. The molecule has 1 aliphatic heterocycles. The van der Waals surface area contributed by atoms with Crippen LogP contribution < -0.4 is 15.0 Å². The maximum Gasteiger partial charge on any atom is 0.260 e. The number of hydrogen-bond donors (Lipinski definition) is 1. The lowest BCUT2D eigenvalue weighted by Crippen LogP contribution is -2.50. The molecule has 1 fully saturated rings. The molecule has 2 aromatic rings. The van der Waals surface area contributed by atoms with Crippen molar-refractivity contribution in [3.63, 3.8) is 0 Å². The number of nitrogens with zero attached hydrogens (tertiary/aromatic N) is 4. The van der Waals surface area contributed by atoms with Gasteiger partial charge in [-0.25, -0.2) is 4.39 Å². The minimum Gasteiger partial charge on any atom is -0.481 e. The van der Waals surface area contributed by atoms with E-state index in [0.717, 1.165) is 18.2 Å². The fourth-order valence-corrected chi connectivity index (χ4v) is 2.75. The van der Waals surface area contributed by atoms with Crippen molar-refractivity contribution in [1.29, 1.82) is 0 Å². The summed E-state index contributed by atoms with van der Waals surface area (Å²) in [5.74, 6) is 1.01. The lowest BCUT2D eigenvalue weighted by Gasteiger charge is -2.35. The van der Waals surface area contributed by atoms with Crippen LogP contribution >= 0.6 is 0 Å². The van der Waals surface area contributed by atoms with Crippen LogP contribution in [0.15, 0.2) is 36.4 Å². The SMILES string of the molecule is CCNc1ccc(N2CCN(C(=O)COc3ccccc3F)CC2)nn1. The fourth-order valence-electron chi connectivity index (χ4n) is 2.75. The summed E-state index contributed by atoms with van der Waals surface area (Å²) in [5, 5.41) is 11.5. The number of para-hydroxylation sites is 1. The van der Waals surface area contributed by atoms with Crippen molar-refractivity contribution < 1.29 is 13.9 Å². The quantitative estimate of drug-likeness (QED) is 0.848. The molecule has 0 atom stereocenters. The van der Waals surface area contributed by atoms with E-state index >= 15 is 0 Å². The smallest absolute Gasteiger partial charge is 0.260 e. The second kappa shape index (κ2) is 8.46. The highest BCUT2D eigenvalue weighted by Gasteiger charge is 2.22. The summed E-state index contributed by atoms with van der Waals surface area (Å²) in [6.07, 6.45) is 0. The molecule has 1 saturated heterocycles. The molecular weight excluding hydrogens is 337 g/mol. The number of carbonyl (C=O) groups excluding carboxylic acids is 1. The Kier molecular flexibility index (Phi) is 5.83. The van der Waals surface area contributed by atoms with Crippen molar-refractivity contribution in [2.24, 2.45) is 0 Å². The van der Waals surface area contributed by atoms with Crippen LogP contribution in [0.3, 0.4) is 0 Å². The predicted octanol–water partition coefficient (Wildman–Crippen LogP) is 1.78. The van der Waals surface area contributed by atoms with Gasteiger partial charge in [0.15, 0.2) is 24.0 Å². The van der Waals surface area contributed by atoms with Gasteiger partial charge in [-0.1, -0.05) is 12.1 Å². The molecule has 0 radical (unpaired) electrons. The molecule has 0 saturated carbocycles. The highest BCUT2D eigenvalue weighted by Crippen LogP contribution is 2.17. The van der Waals surface area contributed by atoms with Gasteiger partial charge >= 0.3 is 0 Å². The van der Waals surface area contributed by atoms with Crippen molar-refractivity contribution in [2.75, 3.05) is 49.5 Å². The van der Waals surface area contributed by atoms with Gasteiger partial charge in [0.1, 0.15) is 5.82 Å². The Balaban J connectivity index is 1.48. The van der Waals surface area contributed by atoms with Gasteiger partial charge in [-0.2, -0.15) is 0 Å². The maximum absolute atomic E-state index is 13.5. The third-order valence-corrected chi connectivity index (χ3v) is 4.15. The fraction of sp³-hybridized carbons (Fsp3) is 0.389. The molecule has 7 nitrogen and oxygen atoms in total. The Bertz CT molecular complexity index is 733. The molecule has 1 N–H and O–H groups in total. The third-order valence-electron chi connectivity index (χ3n) is 4.15. The number of aromatic nitrogens is 2. The lowest BCUT2D eigenvalue weighted by molar-refractivity contribution is -0.133. The van der Waals surface area contributed by atoms with Gasteiger partial charge in [0.05, 0.1) is 0 Å². The van der Waals surface area contributed by atoms with Crippen LogP contribution in [-0.4, -0.2) is 60.3 Å². The minimum absolute atomic E-state index is 0.0931. The van der Waals surface area contributed by atoms with E-state index in [0.29, 0.717) is 26.2 Å². The summed E-state index contributed by atoms with van der Waals surface area (Å²) in [5.41, 5.74) is 0. The number of carbonyl (C=O) groups is 1. The normalized spacial score (nSPS) is 14.2. The van der Waals surface area contributed by atoms with Crippen molar-refractivity contribution in [2.45, 2.75) is 6.92 Å². The molecule has 1 aliphatic rings. The average molecular weight is 359 g/mol. The largest absolute Gasteiger partial charge is 0.481 e. The predicted molar refractivity (Wildman–Crippen MR) is 96.9 cm³/mol. The Morgan fingerprint density at radius 3 is 2.58 bits per heavy atom. The highest BCUT2D eigenvalue weighted by molar-refractivity contribution is 5.78. The summed E-state index contributed by atoms with van der Waals surface area (Å²) >= 11 is 0. The average Bonchev–Trinajstić information content (AvgIpc) is 2.68. The molecule has 3 rings (SSSR count). The topological polar surface area (TPSA) is 70.6 Å². The molecule has 2 heterocycles. The van der Waals surface area contributed by atoms with Crippen LogP contribution in [0, 0.1) is 5.82 Å². The van der Waals surface area contributed by atoms with Gasteiger partial charge in [-0.05, 0) is 31.2 Å². The number of halogens is 1. The van der Waals surface area contributed by atoms with Gasteiger partial charge in [-0.15, -0.1) is 10.2 Å². The molecule has 0 spiro atoms. The molecule has 0 bridgehead atoms. The van der Waals surface area contributed by atoms with E-state index in [4.69, 9.17) is 4.74 Å². The van der Waals surface area contributed by atoms with Gasteiger partial charge in [0, 0.05) is 32.7 Å². The van der Waals surface area contributed by atoms with Gasteiger partial charge in [-0.3, -0.25) is 4.79 Å². The van der Waals surface area contributed by atoms with Crippen molar-refractivity contribution >= 4 is 17.5 Å². The first kappa shape index (κ1) is 17.9. The van der Waals surface area contributed by atoms with E-state index in [1.54, 1.807) is 17.0 Å². The third kappa shape index (κ3) is 4.38. The zero-order valence-corrected chi connectivity index (χ0v) is 14.7. The molecule has 1 aromatic heterocycles. The zero-order valence-electron chi connectivity index (χ0n) is 14.7. The van der Waals surface area contributed by atoms with Crippen molar-refractivity contribution in [3.05, 3.63) is 42.2 Å². The summed E-state index contributed by atoms with van der Waals surface area (Å²) in [6, 6.07) is 9.88. The molecule has 1 aromatic carbocycles. The molecule has 0 unspecified atom stereocenters. The number of rotatable bonds is 6. The van der Waals surface area contributed by atoms with E-state index in [1.807, 2.05) is 19.1 Å². The van der Waals surface area contributed by atoms with Gasteiger partial charge in [0.25, 0.3) is 5.91 Å². The Morgan fingerprint density at radius 1 is 1.15 bits per heavy atom. The van der Waals surface area contributed by atoms with Crippen LogP contribution in [0.1, 0.15) is 6.92 Å². The maximum atomic E-state index is 13.5. The molecule has 138 valence electrons. The minimum atomic E-state index is -0.468. The van der Waals surface area contributed by atoms with Crippen LogP contribution in [0.25, 0.3) is 0 Å². The van der Waals surface area contributed by atoms with Crippen LogP contribution in [0.4, 0.5) is 16.0 Å². The van der Waals surface area contributed by atoms with Crippen LogP contribution in [-0.2, 0) is 4.79 Å². The van der Waals surface area contributed by atoms with E-state index in [-0.39, 0.29) is 18.3 Å². The Morgan fingerprint density at radius 2 is 1.92 bits per heavy atom. The first-order chi connectivity index (χ1) is 12.7.